The van der Waals surface area contributed by atoms with Crippen molar-refractivity contribution in [2.75, 3.05) is 36.0 Å². The summed E-state index contributed by atoms with van der Waals surface area (Å²) in [6.45, 7) is 12.4. The van der Waals surface area contributed by atoms with Crippen molar-refractivity contribution in [1.29, 1.82) is 0 Å². The van der Waals surface area contributed by atoms with E-state index in [4.69, 9.17) is 4.98 Å². The predicted molar refractivity (Wildman–Crippen MR) is 102 cm³/mol. The summed E-state index contributed by atoms with van der Waals surface area (Å²) in [4.78, 5) is 18.8. The van der Waals surface area contributed by atoms with Crippen molar-refractivity contribution in [1.82, 2.24) is 19.3 Å². The fourth-order valence-electron chi connectivity index (χ4n) is 3.09. The Balaban J connectivity index is 1.45. The first-order valence-corrected chi connectivity index (χ1v) is 9.87. The molecule has 25 heavy (non-hydrogen) atoms. The standard InChI is InChI=1S/C18H26N6S/c1-12-19-14(18(2,3)4)11-15(20-12)23-7-9-24(10-8-23)17-21-16(22-25-17)13-5-6-13/h11,13H,5-10H2,1-4H3. The zero-order chi connectivity index (χ0) is 17.6. The molecule has 0 spiro atoms. The quantitative estimate of drug-likeness (QED) is 0.840. The average molecular weight is 359 g/mol. The highest BCUT2D eigenvalue weighted by Crippen LogP contribution is 2.39. The van der Waals surface area contributed by atoms with Crippen LogP contribution in [0.2, 0.25) is 0 Å². The fraction of sp³-hybridized carbons (Fsp3) is 0.667. The second-order valence-corrected chi connectivity index (χ2v) is 8.82. The van der Waals surface area contributed by atoms with Crippen LogP contribution >= 0.6 is 11.5 Å². The molecule has 0 bridgehead atoms. The van der Waals surface area contributed by atoms with Gasteiger partial charge in [0.1, 0.15) is 17.5 Å². The highest BCUT2D eigenvalue weighted by molar-refractivity contribution is 7.09. The number of rotatable bonds is 3. The van der Waals surface area contributed by atoms with Gasteiger partial charge in [0.05, 0.1) is 5.69 Å². The molecule has 134 valence electrons. The maximum Gasteiger partial charge on any atom is 0.205 e. The largest absolute Gasteiger partial charge is 0.353 e. The van der Waals surface area contributed by atoms with E-state index in [0.717, 1.165) is 54.5 Å². The molecule has 7 heteroatoms. The Hall–Kier alpha value is -1.76. The van der Waals surface area contributed by atoms with Gasteiger partial charge in [-0.25, -0.2) is 15.0 Å². The summed E-state index contributed by atoms with van der Waals surface area (Å²) >= 11 is 1.55. The van der Waals surface area contributed by atoms with E-state index in [1.54, 1.807) is 11.5 Å². The van der Waals surface area contributed by atoms with Gasteiger partial charge < -0.3 is 9.80 Å². The van der Waals surface area contributed by atoms with Crippen LogP contribution in [0, 0.1) is 6.92 Å². The fourth-order valence-corrected chi connectivity index (χ4v) is 3.88. The summed E-state index contributed by atoms with van der Waals surface area (Å²) in [5.41, 5.74) is 1.14. The van der Waals surface area contributed by atoms with Crippen molar-refractivity contribution in [3.8, 4) is 0 Å². The van der Waals surface area contributed by atoms with Crippen molar-refractivity contribution in [3.05, 3.63) is 23.4 Å². The molecule has 0 aromatic carbocycles. The summed E-state index contributed by atoms with van der Waals surface area (Å²) in [5, 5.41) is 1.08. The number of nitrogens with zero attached hydrogens (tertiary/aromatic N) is 6. The first kappa shape index (κ1) is 16.7. The lowest BCUT2D eigenvalue weighted by Gasteiger charge is -2.35. The molecule has 2 aromatic heterocycles. The second kappa shape index (κ2) is 6.20. The molecule has 1 saturated carbocycles. The molecule has 2 aromatic rings. The highest BCUT2D eigenvalue weighted by Gasteiger charge is 2.29. The Labute approximate surface area is 153 Å². The number of aryl methyl sites for hydroxylation is 1. The zero-order valence-corrected chi connectivity index (χ0v) is 16.3. The minimum absolute atomic E-state index is 0.0377. The van der Waals surface area contributed by atoms with E-state index in [2.05, 4.69) is 51.0 Å². The maximum atomic E-state index is 4.74. The molecule has 1 aliphatic carbocycles. The smallest absolute Gasteiger partial charge is 0.205 e. The molecule has 0 N–H and O–H groups in total. The molecule has 0 radical (unpaired) electrons. The zero-order valence-electron chi connectivity index (χ0n) is 15.5. The molecule has 2 fully saturated rings. The van der Waals surface area contributed by atoms with E-state index in [1.165, 1.54) is 12.8 Å². The minimum atomic E-state index is 0.0377. The van der Waals surface area contributed by atoms with Gasteiger partial charge >= 0.3 is 0 Å². The van der Waals surface area contributed by atoms with Gasteiger partial charge in [-0.15, -0.1) is 0 Å². The van der Waals surface area contributed by atoms with Crippen molar-refractivity contribution >= 4 is 22.5 Å². The van der Waals surface area contributed by atoms with Gasteiger partial charge in [0.25, 0.3) is 0 Å². The van der Waals surface area contributed by atoms with Crippen molar-refractivity contribution < 1.29 is 0 Å². The number of hydrogen-bond donors (Lipinski definition) is 0. The lowest BCUT2D eigenvalue weighted by Crippen LogP contribution is -2.47. The van der Waals surface area contributed by atoms with Crippen LogP contribution < -0.4 is 9.80 Å². The molecule has 0 unspecified atom stereocenters. The number of hydrogen-bond acceptors (Lipinski definition) is 7. The summed E-state index contributed by atoms with van der Waals surface area (Å²) in [7, 11) is 0. The third-order valence-electron chi connectivity index (χ3n) is 4.84. The lowest BCUT2D eigenvalue weighted by atomic mass is 9.92. The molecule has 3 heterocycles. The third-order valence-corrected chi connectivity index (χ3v) is 5.63. The van der Waals surface area contributed by atoms with Crippen LogP contribution in [0.15, 0.2) is 6.07 Å². The third kappa shape index (κ3) is 3.61. The second-order valence-electron chi connectivity index (χ2n) is 8.09. The molecule has 6 nitrogen and oxygen atoms in total. The van der Waals surface area contributed by atoms with Crippen LogP contribution in [-0.4, -0.2) is 45.5 Å². The van der Waals surface area contributed by atoms with Crippen LogP contribution in [0.25, 0.3) is 0 Å². The monoisotopic (exact) mass is 358 g/mol. The first-order chi connectivity index (χ1) is 11.9. The van der Waals surface area contributed by atoms with Crippen molar-refractivity contribution in [2.45, 2.75) is 51.9 Å². The van der Waals surface area contributed by atoms with Crippen molar-refractivity contribution in [2.24, 2.45) is 0 Å². The summed E-state index contributed by atoms with van der Waals surface area (Å²) in [6, 6.07) is 2.15. The van der Waals surface area contributed by atoms with E-state index in [9.17, 15) is 0 Å². The van der Waals surface area contributed by atoms with Crippen LogP contribution in [-0.2, 0) is 5.41 Å². The van der Waals surface area contributed by atoms with E-state index in [1.807, 2.05) is 6.92 Å². The Kier molecular flexibility index (Phi) is 4.14. The van der Waals surface area contributed by atoms with E-state index in [-0.39, 0.29) is 5.41 Å². The first-order valence-electron chi connectivity index (χ1n) is 9.10. The van der Waals surface area contributed by atoms with Gasteiger partial charge in [-0.1, -0.05) is 20.8 Å². The summed E-state index contributed by atoms with van der Waals surface area (Å²) in [6.07, 6.45) is 2.51. The van der Waals surface area contributed by atoms with Gasteiger partial charge in [0, 0.05) is 55.1 Å². The van der Waals surface area contributed by atoms with Gasteiger partial charge in [0.15, 0.2) is 0 Å². The molecule has 0 atom stereocenters. The van der Waals surface area contributed by atoms with Crippen molar-refractivity contribution in [3.63, 3.8) is 0 Å². The van der Waals surface area contributed by atoms with Crippen LogP contribution in [0.3, 0.4) is 0 Å². The number of anilines is 2. The maximum absolute atomic E-state index is 4.74. The van der Waals surface area contributed by atoms with E-state index >= 15 is 0 Å². The number of aromatic nitrogens is 4. The number of piperazine rings is 1. The Morgan fingerprint density at radius 2 is 1.68 bits per heavy atom. The minimum Gasteiger partial charge on any atom is -0.353 e. The van der Waals surface area contributed by atoms with Gasteiger partial charge in [0.2, 0.25) is 5.13 Å². The Morgan fingerprint density at radius 1 is 1.00 bits per heavy atom. The van der Waals surface area contributed by atoms with Crippen LogP contribution in [0.1, 0.15) is 56.9 Å². The molecule has 1 aliphatic heterocycles. The molecule has 2 aliphatic rings. The molecule has 4 rings (SSSR count). The van der Waals surface area contributed by atoms with E-state index in [0.29, 0.717) is 5.92 Å². The Bertz CT molecular complexity index is 753. The highest BCUT2D eigenvalue weighted by atomic mass is 32.1. The Morgan fingerprint density at radius 3 is 2.32 bits per heavy atom. The molecular formula is C18H26N6S. The average Bonchev–Trinajstić information content (AvgIpc) is 3.31. The lowest BCUT2D eigenvalue weighted by molar-refractivity contribution is 0.561. The van der Waals surface area contributed by atoms with Gasteiger partial charge in [-0.2, -0.15) is 4.37 Å². The SMILES string of the molecule is Cc1nc(N2CCN(c3nc(C4CC4)ns3)CC2)cc(C(C)(C)C)n1. The summed E-state index contributed by atoms with van der Waals surface area (Å²) in [5.74, 6) is 3.59. The van der Waals surface area contributed by atoms with Crippen LogP contribution in [0.5, 0.6) is 0 Å². The van der Waals surface area contributed by atoms with Gasteiger partial charge in [-0.05, 0) is 19.8 Å². The topological polar surface area (TPSA) is 58.0 Å². The predicted octanol–water partition coefficient (Wildman–Crippen LogP) is 3.14. The molecule has 1 saturated heterocycles. The normalized spacial score (nSPS) is 18.7. The van der Waals surface area contributed by atoms with Gasteiger partial charge in [-0.3, -0.25) is 0 Å². The van der Waals surface area contributed by atoms with Crippen LogP contribution in [0.4, 0.5) is 10.9 Å². The van der Waals surface area contributed by atoms with E-state index < -0.39 is 0 Å². The molecule has 0 amide bonds. The molecular weight excluding hydrogens is 332 g/mol. The summed E-state index contributed by atoms with van der Waals surface area (Å²) < 4.78 is 4.54.